The number of hydrogen-bond donors (Lipinski definition) is 1. The summed E-state index contributed by atoms with van der Waals surface area (Å²) in [7, 11) is 0. The lowest BCUT2D eigenvalue weighted by Gasteiger charge is -2.27. The zero-order valence-corrected chi connectivity index (χ0v) is 17.3. The van der Waals surface area contributed by atoms with Crippen molar-refractivity contribution in [2.45, 2.75) is 58.3 Å². The van der Waals surface area contributed by atoms with Gasteiger partial charge >= 0.3 is 0 Å². The van der Waals surface area contributed by atoms with Crippen molar-refractivity contribution in [3.63, 3.8) is 0 Å². The summed E-state index contributed by atoms with van der Waals surface area (Å²) >= 11 is 0. The van der Waals surface area contributed by atoms with E-state index < -0.39 is 0 Å². The Balaban J connectivity index is 1.35. The largest absolute Gasteiger partial charge is 0.360 e. The summed E-state index contributed by atoms with van der Waals surface area (Å²) in [5.74, 6) is 1.04. The van der Waals surface area contributed by atoms with Crippen LogP contribution in [-0.2, 0) is 25.7 Å². The molecule has 1 aromatic carbocycles. The maximum Gasteiger partial charge on any atom is 0.168 e. The number of rotatable bonds is 4. The first-order valence-electron chi connectivity index (χ1n) is 10.6. The molecule has 0 aliphatic heterocycles. The van der Waals surface area contributed by atoms with E-state index in [-0.39, 0.29) is 22.9 Å². The summed E-state index contributed by atoms with van der Waals surface area (Å²) in [6, 6.07) is 10.1. The third-order valence-electron chi connectivity index (χ3n) is 6.33. The fourth-order valence-electron chi connectivity index (χ4n) is 4.93. The van der Waals surface area contributed by atoms with Gasteiger partial charge in [0.15, 0.2) is 11.6 Å². The number of benzene rings is 1. The van der Waals surface area contributed by atoms with E-state index in [1.54, 1.807) is 0 Å². The van der Waals surface area contributed by atoms with Crippen LogP contribution in [0.15, 0.2) is 34.9 Å². The molecule has 5 rings (SSSR count). The Morgan fingerprint density at radius 2 is 1.77 bits per heavy atom. The highest BCUT2D eigenvalue weighted by Gasteiger charge is 2.35. The van der Waals surface area contributed by atoms with Gasteiger partial charge in [-0.15, -0.1) is 0 Å². The molecule has 0 amide bonds. The molecule has 3 aromatic rings. The number of carbonyl (C=O) groups is 2. The molecule has 0 saturated heterocycles. The molecule has 1 unspecified atom stereocenters. The van der Waals surface area contributed by atoms with Crippen LogP contribution in [0.1, 0.15) is 81.7 Å². The highest BCUT2D eigenvalue weighted by atomic mass is 16.5. The average molecular weight is 403 g/mol. The number of nitrogens with one attached hydrogen (secondary N) is 1. The molecule has 0 fully saturated rings. The van der Waals surface area contributed by atoms with Crippen LogP contribution in [0, 0.1) is 5.41 Å². The van der Waals surface area contributed by atoms with Gasteiger partial charge in [0.1, 0.15) is 5.76 Å². The number of aryl methyl sites for hydroxylation is 2. The predicted octanol–water partition coefficient (Wildman–Crippen LogP) is 4.25. The molecule has 6 nitrogen and oxygen atoms in total. The lowest BCUT2D eigenvalue weighted by Crippen LogP contribution is -2.27. The molecule has 0 spiro atoms. The zero-order valence-electron chi connectivity index (χ0n) is 17.3. The van der Waals surface area contributed by atoms with Crippen molar-refractivity contribution in [1.82, 2.24) is 15.4 Å². The quantitative estimate of drug-likeness (QED) is 0.703. The fourth-order valence-corrected chi connectivity index (χ4v) is 4.93. The number of fused-ring (bicyclic) bond motifs is 2. The molecule has 0 bridgehead atoms. The van der Waals surface area contributed by atoms with E-state index in [9.17, 15) is 9.59 Å². The van der Waals surface area contributed by atoms with Crippen molar-refractivity contribution >= 4 is 11.6 Å². The van der Waals surface area contributed by atoms with Crippen molar-refractivity contribution in [1.29, 1.82) is 0 Å². The van der Waals surface area contributed by atoms with Gasteiger partial charge < -0.3 is 4.52 Å². The number of nitrogens with zero attached hydrogens (tertiary/aromatic N) is 2. The molecule has 2 aromatic heterocycles. The van der Waals surface area contributed by atoms with E-state index in [2.05, 4.69) is 41.3 Å². The maximum atomic E-state index is 12.9. The number of H-pyrrole nitrogens is 1. The van der Waals surface area contributed by atoms with Crippen LogP contribution in [-0.4, -0.2) is 26.9 Å². The molecule has 1 atom stereocenters. The van der Waals surface area contributed by atoms with Crippen LogP contribution >= 0.6 is 0 Å². The molecular formula is C24H25N3O3. The monoisotopic (exact) mass is 403 g/mol. The van der Waals surface area contributed by atoms with E-state index in [4.69, 9.17) is 4.52 Å². The number of carbonyl (C=O) groups excluding carboxylic acids is 2. The Bertz CT molecular complexity index is 1120. The van der Waals surface area contributed by atoms with Crippen LogP contribution < -0.4 is 0 Å². The van der Waals surface area contributed by atoms with E-state index in [0.29, 0.717) is 49.1 Å². The highest BCUT2D eigenvalue weighted by molar-refractivity contribution is 6.00. The number of hydrogen-bond acceptors (Lipinski definition) is 5. The third kappa shape index (κ3) is 3.30. The fraction of sp³-hybridized carbons (Fsp3) is 0.417. The number of aromatic amines is 1. The minimum atomic E-state index is -0.0409. The van der Waals surface area contributed by atoms with Crippen LogP contribution in [0.5, 0.6) is 0 Å². The second-order valence-corrected chi connectivity index (χ2v) is 9.33. The van der Waals surface area contributed by atoms with E-state index in [1.807, 2.05) is 18.2 Å². The molecule has 2 heterocycles. The minimum absolute atomic E-state index is 0.0409. The first-order chi connectivity index (χ1) is 14.4. The summed E-state index contributed by atoms with van der Waals surface area (Å²) in [4.78, 5) is 25.5. The molecule has 30 heavy (non-hydrogen) atoms. The molecule has 154 valence electrons. The van der Waals surface area contributed by atoms with E-state index >= 15 is 0 Å². The lowest BCUT2D eigenvalue weighted by atomic mass is 9.75. The molecule has 2 aliphatic carbocycles. The van der Waals surface area contributed by atoms with Crippen molar-refractivity contribution in [2.75, 3.05) is 0 Å². The standard InChI is InChI=1S/C24H25N3O3/c1-24(2)12-18-22(20(29)13-24)16(25-26-18)8-9-17-23-19(28)10-15(11-21(23)30-27-17)14-6-4-3-5-7-14/h3-7,15H,8-13H2,1-2H3,(H,25,26). The van der Waals surface area contributed by atoms with Gasteiger partial charge in [0.2, 0.25) is 0 Å². The van der Waals surface area contributed by atoms with Crippen LogP contribution in [0.3, 0.4) is 0 Å². The van der Waals surface area contributed by atoms with Crippen LogP contribution in [0.25, 0.3) is 0 Å². The SMILES string of the molecule is CC1(C)CC(=O)c2c(CCc3noc4c3C(=O)CC(c3ccccc3)C4)n[nH]c2C1. The summed E-state index contributed by atoms with van der Waals surface area (Å²) in [6.07, 6.45) is 3.60. The molecule has 1 N–H and O–H groups in total. The normalized spacial score (nSPS) is 20.1. The van der Waals surface area contributed by atoms with Gasteiger partial charge in [-0.1, -0.05) is 49.3 Å². The maximum absolute atomic E-state index is 12.9. The Morgan fingerprint density at radius 1 is 1.00 bits per heavy atom. The Labute approximate surface area is 175 Å². The topological polar surface area (TPSA) is 88.8 Å². The van der Waals surface area contributed by atoms with Gasteiger partial charge in [-0.3, -0.25) is 14.7 Å². The van der Waals surface area contributed by atoms with Crippen molar-refractivity contribution < 1.29 is 14.1 Å². The highest BCUT2D eigenvalue weighted by Crippen LogP contribution is 2.36. The van der Waals surface area contributed by atoms with Gasteiger partial charge in [0.25, 0.3) is 0 Å². The number of Topliss-reactive ketones (excluding diaryl/α,β-unsaturated/α-hetero) is 2. The number of aromatic nitrogens is 3. The van der Waals surface area contributed by atoms with E-state index in [0.717, 1.165) is 28.9 Å². The van der Waals surface area contributed by atoms with Gasteiger partial charge in [-0.2, -0.15) is 5.10 Å². The third-order valence-corrected chi connectivity index (χ3v) is 6.33. The van der Waals surface area contributed by atoms with Crippen molar-refractivity contribution in [3.05, 3.63) is 69.9 Å². The van der Waals surface area contributed by atoms with Gasteiger partial charge in [-0.05, 0) is 36.2 Å². The first-order valence-corrected chi connectivity index (χ1v) is 10.6. The van der Waals surface area contributed by atoms with Crippen molar-refractivity contribution in [3.8, 4) is 0 Å². The van der Waals surface area contributed by atoms with Crippen LogP contribution in [0.2, 0.25) is 0 Å². The summed E-state index contributed by atoms with van der Waals surface area (Å²) in [6.45, 7) is 4.20. The van der Waals surface area contributed by atoms with E-state index in [1.165, 1.54) is 0 Å². The molecule has 6 heteroatoms. The van der Waals surface area contributed by atoms with Gasteiger partial charge in [-0.25, -0.2) is 0 Å². The lowest BCUT2D eigenvalue weighted by molar-refractivity contribution is 0.0909. The van der Waals surface area contributed by atoms with Crippen LogP contribution in [0.4, 0.5) is 0 Å². The molecule has 2 aliphatic rings. The Kier molecular flexibility index (Phi) is 4.45. The summed E-state index contributed by atoms with van der Waals surface area (Å²) in [5, 5.41) is 11.7. The second-order valence-electron chi connectivity index (χ2n) is 9.33. The Morgan fingerprint density at radius 3 is 2.57 bits per heavy atom. The minimum Gasteiger partial charge on any atom is -0.360 e. The second kappa shape index (κ2) is 7.04. The molecular weight excluding hydrogens is 378 g/mol. The Hall–Kier alpha value is -3.02. The summed E-state index contributed by atoms with van der Waals surface area (Å²) in [5.41, 5.74) is 4.87. The average Bonchev–Trinajstić information content (AvgIpc) is 3.30. The number of ketones is 2. The molecule has 0 saturated carbocycles. The van der Waals surface area contributed by atoms with Gasteiger partial charge in [0, 0.05) is 25.0 Å². The summed E-state index contributed by atoms with van der Waals surface area (Å²) < 4.78 is 5.57. The zero-order chi connectivity index (χ0) is 20.9. The van der Waals surface area contributed by atoms with Crippen molar-refractivity contribution in [2.24, 2.45) is 5.41 Å². The van der Waals surface area contributed by atoms with Gasteiger partial charge in [0.05, 0.1) is 22.5 Å². The predicted molar refractivity (Wildman–Crippen MR) is 111 cm³/mol. The smallest absolute Gasteiger partial charge is 0.168 e. The first kappa shape index (κ1) is 19.0. The molecule has 0 radical (unpaired) electrons.